The van der Waals surface area contributed by atoms with Crippen LogP contribution in [0, 0.1) is 0 Å². The summed E-state index contributed by atoms with van der Waals surface area (Å²) in [4.78, 5) is 12.8. The van der Waals surface area contributed by atoms with E-state index in [0.29, 0.717) is 5.69 Å². The minimum Gasteiger partial charge on any atom is -0.506 e. The number of amides is 1. The quantitative estimate of drug-likeness (QED) is 0.771. The number of para-hydroxylation sites is 2. The molecule has 142 valence electrons. The molecule has 3 aliphatic rings. The molecule has 0 spiro atoms. The van der Waals surface area contributed by atoms with Gasteiger partial charge in [0.15, 0.2) is 24.0 Å². The molecule has 3 saturated heterocycles. The van der Waals surface area contributed by atoms with Crippen LogP contribution in [0.5, 0.6) is 5.75 Å². The molecule has 0 saturated carbocycles. The lowest BCUT2D eigenvalue weighted by Gasteiger charge is -2.36. The van der Waals surface area contributed by atoms with Crippen molar-refractivity contribution in [2.45, 2.75) is 70.0 Å². The van der Waals surface area contributed by atoms with E-state index in [9.17, 15) is 9.90 Å². The zero-order valence-electron chi connectivity index (χ0n) is 15.1. The summed E-state index contributed by atoms with van der Waals surface area (Å²) in [6.45, 7) is 7.11. The van der Waals surface area contributed by atoms with Crippen LogP contribution in [0.25, 0.3) is 0 Å². The average Bonchev–Trinajstić information content (AvgIpc) is 3.02. The van der Waals surface area contributed by atoms with E-state index in [2.05, 4.69) is 5.32 Å². The topological polar surface area (TPSA) is 95.5 Å². The molecule has 1 aromatic rings. The van der Waals surface area contributed by atoms with Crippen LogP contribution >= 0.6 is 0 Å². The van der Waals surface area contributed by atoms with Crippen LogP contribution < -0.4 is 5.32 Å². The first-order valence-electron chi connectivity index (χ1n) is 8.61. The van der Waals surface area contributed by atoms with Crippen molar-refractivity contribution in [1.82, 2.24) is 0 Å². The number of fused-ring (bicyclic) bond motifs is 3. The van der Waals surface area contributed by atoms with Gasteiger partial charge < -0.3 is 34.1 Å². The number of aromatic hydroxyl groups is 1. The lowest BCUT2D eigenvalue weighted by molar-refractivity contribution is -0.229. The number of hydrogen-bond acceptors (Lipinski definition) is 7. The summed E-state index contributed by atoms with van der Waals surface area (Å²) >= 11 is 0. The summed E-state index contributed by atoms with van der Waals surface area (Å²) in [5, 5.41) is 12.6. The van der Waals surface area contributed by atoms with E-state index >= 15 is 0 Å². The summed E-state index contributed by atoms with van der Waals surface area (Å²) in [6, 6.07) is 6.48. The Hall–Kier alpha value is -1.71. The molecule has 3 aliphatic heterocycles. The summed E-state index contributed by atoms with van der Waals surface area (Å²) in [5.41, 5.74) is 0.293. The van der Waals surface area contributed by atoms with Crippen LogP contribution in [0.15, 0.2) is 24.3 Å². The summed E-state index contributed by atoms with van der Waals surface area (Å²) in [6.07, 6.45) is -3.38. The smallest absolute Gasteiger partial charge is 0.256 e. The van der Waals surface area contributed by atoms with Crippen molar-refractivity contribution in [3.63, 3.8) is 0 Å². The van der Waals surface area contributed by atoms with E-state index in [-0.39, 0.29) is 5.75 Å². The standard InChI is InChI=1S/C18H23NO7/c1-17(2)23-11-12(24-17)14-16(26-18(3,4)25-14)22-13(11)15(21)19-9-7-5-6-8-10(9)20/h5-8,11-14,16,20H,1-4H3,(H,19,21)/t11-,12+,13-,14-,16+/m1/s1. The Balaban J connectivity index is 1.59. The minimum absolute atomic E-state index is 0.0309. The van der Waals surface area contributed by atoms with Crippen molar-refractivity contribution in [2.75, 3.05) is 5.32 Å². The molecular weight excluding hydrogens is 342 g/mol. The Kier molecular flexibility index (Phi) is 4.01. The fourth-order valence-electron chi connectivity index (χ4n) is 3.61. The molecule has 0 bridgehead atoms. The number of ether oxygens (including phenoxy) is 5. The van der Waals surface area contributed by atoms with Gasteiger partial charge in [-0.05, 0) is 39.8 Å². The largest absolute Gasteiger partial charge is 0.506 e. The second kappa shape index (κ2) is 5.90. The number of rotatable bonds is 2. The van der Waals surface area contributed by atoms with Crippen LogP contribution in [-0.2, 0) is 28.5 Å². The highest BCUT2D eigenvalue weighted by molar-refractivity contribution is 5.96. The number of hydrogen-bond donors (Lipinski definition) is 2. The molecule has 3 heterocycles. The molecule has 4 rings (SSSR count). The fourth-order valence-corrected chi connectivity index (χ4v) is 3.61. The number of benzene rings is 1. The number of phenolic OH excluding ortho intramolecular Hbond substituents is 1. The van der Waals surface area contributed by atoms with Gasteiger partial charge in [0.25, 0.3) is 5.91 Å². The number of carbonyl (C=O) groups excluding carboxylic acids is 1. The number of phenols is 1. The van der Waals surface area contributed by atoms with Gasteiger partial charge in [-0.15, -0.1) is 0 Å². The Bertz CT molecular complexity index is 719. The third kappa shape index (κ3) is 3.08. The Morgan fingerprint density at radius 3 is 2.31 bits per heavy atom. The first-order chi connectivity index (χ1) is 12.2. The highest BCUT2D eigenvalue weighted by atomic mass is 16.9. The zero-order valence-corrected chi connectivity index (χ0v) is 15.1. The maximum atomic E-state index is 12.8. The monoisotopic (exact) mass is 365 g/mol. The number of nitrogens with one attached hydrogen (secondary N) is 1. The van der Waals surface area contributed by atoms with Crippen LogP contribution in [0.1, 0.15) is 27.7 Å². The maximum absolute atomic E-state index is 12.8. The average molecular weight is 365 g/mol. The van der Waals surface area contributed by atoms with Crippen molar-refractivity contribution < 1.29 is 33.6 Å². The molecule has 5 atom stereocenters. The second-order valence-corrected chi connectivity index (χ2v) is 7.60. The predicted molar refractivity (Wildman–Crippen MR) is 89.3 cm³/mol. The van der Waals surface area contributed by atoms with Gasteiger partial charge >= 0.3 is 0 Å². The van der Waals surface area contributed by atoms with Crippen molar-refractivity contribution >= 4 is 11.6 Å². The molecule has 1 aromatic carbocycles. The number of carbonyl (C=O) groups is 1. The second-order valence-electron chi connectivity index (χ2n) is 7.60. The summed E-state index contributed by atoms with van der Waals surface area (Å²) in [5.74, 6) is -2.21. The van der Waals surface area contributed by atoms with Gasteiger partial charge in [-0.3, -0.25) is 4.79 Å². The maximum Gasteiger partial charge on any atom is 0.256 e. The van der Waals surface area contributed by atoms with Gasteiger partial charge in [0.05, 0.1) is 5.69 Å². The molecule has 3 fully saturated rings. The Morgan fingerprint density at radius 1 is 0.962 bits per heavy atom. The molecule has 8 heteroatoms. The molecular formula is C18H23NO7. The Morgan fingerprint density at radius 2 is 1.58 bits per heavy atom. The molecule has 26 heavy (non-hydrogen) atoms. The summed E-state index contributed by atoms with van der Waals surface area (Å²) < 4.78 is 29.5. The summed E-state index contributed by atoms with van der Waals surface area (Å²) in [7, 11) is 0. The fraction of sp³-hybridized carbons (Fsp3) is 0.611. The Labute approximate surface area is 151 Å². The van der Waals surface area contributed by atoms with Crippen molar-refractivity contribution in [2.24, 2.45) is 0 Å². The van der Waals surface area contributed by atoms with Gasteiger partial charge in [0, 0.05) is 0 Å². The molecule has 2 N–H and O–H groups in total. The molecule has 0 radical (unpaired) electrons. The minimum atomic E-state index is -0.972. The predicted octanol–water partition coefficient (Wildman–Crippen LogP) is 1.73. The third-order valence-corrected chi connectivity index (χ3v) is 4.57. The normalized spacial score (nSPS) is 37.0. The van der Waals surface area contributed by atoms with E-state index in [1.807, 2.05) is 0 Å². The zero-order chi connectivity index (χ0) is 18.7. The van der Waals surface area contributed by atoms with E-state index < -0.39 is 48.2 Å². The molecule has 0 unspecified atom stereocenters. The first kappa shape index (κ1) is 17.7. The molecule has 0 aliphatic carbocycles. The van der Waals surface area contributed by atoms with Crippen molar-refractivity contribution in [3.05, 3.63) is 24.3 Å². The van der Waals surface area contributed by atoms with E-state index in [1.54, 1.807) is 45.9 Å². The van der Waals surface area contributed by atoms with Gasteiger partial charge in [-0.25, -0.2) is 0 Å². The van der Waals surface area contributed by atoms with Crippen LogP contribution in [0.3, 0.4) is 0 Å². The molecule has 8 nitrogen and oxygen atoms in total. The van der Waals surface area contributed by atoms with Gasteiger partial charge in [0.1, 0.15) is 24.1 Å². The van der Waals surface area contributed by atoms with Crippen LogP contribution in [0.2, 0.25) is 0 Å². The van der Waals surface area contributed by atoms with Gasteiger partial charge in [0.2, 0.25) is 0 Å². The van der Waals surface area contributed by atoms with E-state index in [4.69, 9.17) is 23.7 Å². The van der Waals surface area contributed by atoms with Crippen molar-refractivity contribution in [1.29, 1.82) is 0 Å². The highest BCUT2D eigenvalue weighted by Gasteiger charge is 2.62. The lowest BCUT2D eigenvalue weighted by atomic mass is 9.98. The van der Waals surface area contributed by atoms with Gasteiger partial charge in [-0.1, -0.05) is 12.1 Å². The van der Waals surface area contributed by atoms with E-state index in [1.165, 1.54) is 6.07 Å². The van der Waals surface area contributed by atoms with Crippen molar-refractivity contribution in [3.8, 4) is 5.75 Å². The van der Waals surface area contributed by atoms with E-state index in [0.717, 1.165) is 0 Å². The van der Waals surface area contributed by atoms with Gasteiger partial charge in [-0.2, -0.15) is 0 Å². The van der Waals surface area contributed by atoms with Crippen LogP contribution in [0.4, 0.5) is 5.69 Å². The molecule has 1 amide bonds. The highest BCUT2D eigenvalue weighted by Crippen LogP contribution is 2.44. The number of anilines is 1. The van der Waals surface area contributed by atoms with Crippen LogP contribution in [-0.4, -0.2) is 53.3 Å². The SMILES string of the molecule is CC1(C)O[C@H]2[C@@H](O1)[C@H](C(=O)Nc1ccccc1O)O[C@H]1OC(C)(C)O[C@@H]12. The lowest BCUT2D eigenvalue weighted by Crippen LogP contribution is -2.58. The molecule has 0 aromatic heterocycles. The first-order valence-corrected chi connectivity index (χ1v) is 8.61. The third-order valence-electron chi connectivity index (χ3n) is 4.57.